The number of benzene rings is 1. The first-order chi connectivity index (χ1) is 7.81. The van der Waals surface area contributed by atoms with Crippen LogP contribution in [0.3, 0.4) is 0 Å². The molecular formula is C12H13N3O. The zero-order chi connectivity index (χ0) is 11.4. The Labute approximate surface area is 93.9 Å². The van der Waals surface area contributed by atoms with Crippen molar-refractivity contribution in [1.82, 2.24) is 15.1 Å². The van der Waals surface area contributed by atoms with Crippen molar-refractivity contribution in [1.29, 1.82) is 0 Å². The van der Waals surface area contributed by atoms with Crippen LogP contribution in [0.25, 0.3) is 5.69 Å². The van der Waals surface area contributed by atoms with Gasteiger partial charge in [0.15, 0.2) is 0 Å². The van der Waals surface area contributed by atoms with E-state index in [-0.39, 0.29) is 5.91 Å². The molecule has 0 spiro atoms. The van der Waals surface area contributed by atoms with E-state index in [1.165, 1.54) is 0 Å². The highest BCUT2D eigenvalue weighted by Crippen LogP contribution is 2.07. The maximum atomic E-state index is 11.5. The van der Waals surface area contributed by atoms with E-state index in [0.29, 0.717) is 12.1 Å². The van der Waals surface area contributed by atoms with E-state index in [1.54, 1.807) is 17.1 Å². The molecule has 0 saturated carbocycles. The SMILES string of the molecule is CCNC(=O)c1cnn(-c2ccccc2)c1. The summed E-state index contributed by atoms with van der Waals surface area (Å²) in [7, 11) is 0. The van der Waals surface area contributed by atoms with Crippen LogP contribution in [0.15, 0.2) is 42.7 Å². The molecule has 1 aromatic carbocycles. The molecule has 2 rings (SSSR count). The fourth-order valence-electron chi connectivity index (χ4n) is 1.42. The summed E-state index contributed by atoms with van der Waals surface area (Å²) in [6, 6.07) is 9.69. The Hall–Kier alpha value is -2.10. The summed E-state index contributed by atoms with van der Waals surface area (Å²) in [6.45, 7) is 2.51. The monoisotopic (exact) mass is 215 g/mol. The number of amides is 1. The van der Waals surface area contributed by atoms with Crippen LogP contribution in [0, 0.1) is 0 Å². The molecule has 0 bridgehead atoms. The third-order valence-electron chi connectivity index (χ3n) is 2.20. The van der Waals surface area contributed by atoms with Crippen LogP contribution in [-0.2, 0) is 0 Å². The van der Waals surface area contributed by atoms with E-state index < -0.39 is 0 Å². The van der Waals surface area contributed by atoms with Gasteiger partial charge in [-0.3, -0.25) is 4.79 Å². The van der Waals surface area contributed by atoms with Gasteiger partial charge < -0.3 is 5.32 Å². The number of rotatable bonds is 3. The molecule has 0 fully saturated rings. The molecule has 16 heavy (non-hydrogen) atoms. The van der Waals surface area contributed by atoms with E-state index in [2.05, 4.69) is 10.4 Å². The summed E-state index contributed by atoms with van der Waals surface area (Å²) in [5.74, 6) is -0.0929. The molecule has 0 aliphatic heterocycles. The lowest BCUT2D eigenvalue weighted by Gasteiger charge is -1.99. The Kier molecular flexibility index (Phi) is 3.00. The number of carbonyl (C=O) groups excluding carboxylic acids is 1. The van der Waals surface area contributed by atoms with Gasteiger partial charge in [-0.25, -0.2) is 4.68 Å². The van der Waals surface area contributed by atoms with Crippen molar-refractivity contribution in [3.8, 4) is 5.69 Å². The fourth-order valence-corrected chi connectivity index (χ4v) is 1.42. The molecule has 1 N–H and O–H groups in total. The quantitative estimate of drug-likeness (QED) is 0.845. The summed E-state index contributed by atoms with van der Waals surface area (Å²) >= 11 is 0. The van der Waals surface area contributed by atoms with Gasteiger partial charge in [-0.1, -0.05) is 18.2 Å². The van der Waals surface area contributed by atoms with Crippen LogP contribution in [-0.4, -0.2) is 22.2 Å². The minimum Gasteiger partial charge on any atom is -0.352 e. The van der Waals surface area contributed by atoms with Crippen molar-refractivity contribution in [3.63, 3.8) is 0 Å². The highest BCUT2D eigenvalue weighted by atomic mass is 16.1. The zero-order valence-electron chi connectivity index (χ0n) is 9.05. The van der Waals surface area contributed by atoms with Crippen molar-refractivity contribution < 1.29 is 4.79 Å². The van der Waals surface area contributed by atoms with Gasteiger partial charge >= 0.3 is 0 Å². The molecule has 1 heterocycles. The first-order valence-corrected chi connectivity index (χ1v) is 5.19. The standard InChI is InChI=1S/C12H13N3O/c1-2-13-12(16)10-8-14-15(9-10)11-6-4-3-5-7-11/h3-9H,2H2,1H3,(H,13,16). The van der Waals surface area contributed by atoms with Gasteiger partial charge in [0.05, 0.1) is 17.4 Å². The molecule has 1 aromatic heterocycles. The lowest BCUT2D eigenvalue weighted by atomic mass is 10.3. The topological polar surface area (TPSA) is 46.9 Å². The lowest BCUT2D eigenvalue weighted by molar-refractivity contribution is 0.0956. The van der Waals surface area contributed by atoms with E-state index >= 15 is 0 Å². The normalized spacial score (nSPS) is 10.1. The number of carbonyl (C=O) groups is 1. The molecule has 0 aliphatic rings. The van der Waals surface area contributed by atoms with Gasteiger partial charge in [-0.05, 0) is 19.1 Å². The third-order valence-corrected chi connectivity index (χ3v) is 2.20. The Bertz CT molecular complexity index is 476. The highest BCUT2D eigenvalue weighted by molar-refractivity contribution is 5.93. The molecule has 2 aromatic rings. The molecule has 4 heteroatoms. The van der Waals surface area contributed by atoms with Crippen molar-refractivity contribution >= 4 is 5.91 Å². The van der Waals surface area contributed by atoms with Crippen LogP contribution in [0.5, 0.6) is 0 Å². The number of para-hydroxylation sites is 1. The van der Waals surface area contributed by atoms with Gasteiger partial charge in [-0.2, -0.15) is 5.10 Å². The highest BCUT2D eigenvalue weighted by Gasteiger charge is 2.07. The maximum absolute atomic E-state index is 11.5. The zero-order valence-corrected chi connectivity index (χ0v) is 9.05. The van der Waals surface area contributed by atoms with E-state index in [1.807, 2.05) is 37.3 Å². The largest absolute Gasteiger partial charge is 0.352 e. The number of hydrogen-bond donors (Lipinski definition) is 1. The number of hydrogen-bond acceptors (Lipinski definition) is 2. The van der Waals surface area contributed by atoms with Crippen molar-refractivity contribution in [2.45, 2.75) is 6.92 Å². The van der Waals surface area contributed by atoms with E-state index in [4.69, 9.17) is 0 Å². The van der Waals surface area contributed by atoms with Gasteiger partial charge in [0, 0.05) is 12.7 Å². The molecule has 4 nitrogen and oxygen atoms in total. The summed E-state index contributed by atoms with van der Waals surface area (Å²) in [6.07, 6.45) is 3.29. The molecule has 0 aliphatic carbocycles. The fraction of sp³-hybridized carbons (Fsp3) is 0.167. The lowest BCUT2D eigenvalue weighted by Crippen LogP contribution is -2.22. The molecule has 1 amide bonds. The van der Waals surface area contributed by atoms with Gasteiger partial charge in [0.25, 0.3) is 5.91 Å². The maximum Gasteiger partial charge on any atom is 0.254 e. The van der Waals surface area contributed by atoms with Crippen LogP contribution >= 0.6 is 0 Å². The van der Waals surface area contributed by atoms with E-state index in [9.17, 15) is 4.79 Å². The Morgan fingerprint density at radius 2 is 2.12 bits per heavy atom. The van der Waals surface area contributed by atoms with Crippen LogP contribution in [0.1, 0.15) is 17.3 Å². The average Bonchev–Trinajstić information content (AvgIpc) is 2.80. The van der Waals surface area contributed by atoms with Crippen molar-refractivity contribution in [3.05, 3.63) is 48.3 Å². The molecule has 0 atom stereocenters. The second-order valence-electron chi connectivity index (χ2n) is 3.37. The van der Waals surface area contributed by atoms with Crippen LogP contribution in [0.4, 0.5) is 0 Å². The first-order valence-electron chi connectivity index (χ1n) is 5.19. The number of aromatic nitrogens is 2. The second kappa shape index (κ2) is 4.61. The predicted octanol–water partition coefficient (Wildman–Crippen LogP) is 1.62. The first kappa shape index (κ1) is 10.4. The molecule has 82 valence electrons. The third kappa shape index (κ3) is 2.11. The minimum atomic E-state index is -0.0929. The summed E-state index contributed by atoms with van der Waals surface area (Å²) in [5.41, 5.74) is 1.52. The molecule has 0 radical (unpaired) electrons. The summed E-state index contributed by atoms with van der Waals surface area (Å²) in [5, 5.41) is 6.88. The minimum absolute atomic E-state index is 0.0929. The van der Waals surface area contributed by atoms with E-state index in [0.717, 1.165) is 5.69 Å². The van der Waals surface area contributed by atoms with Crippen LogP contribution in [0.2, 0.25) is 0 Å². The number of nitrogens with one attached hydrogen (secondary N) is 1. The van der Waals surface area contributed by atoms with Gasteiger partial charge in [0.2, 0.25) is 0 Å². The van der Waals surface area contributed by atoms with Crippen LogP contribution < -0.4 is 5.32 Å². The molecular weight excluding hydrogens is 202 g/mol. The number of nitrogens with zero attached hydrogens (tertiary/aromatic N) is 2. The molecule has 0 saturated heterocycles. The Morgan fingerprint density at radius 3 is 2.81 bits per heavy atom. The summed E-state index contributed by atoms with van der Waals surface area (Å²) in [4.78, 5) is 11.5. The van der Waals surface area contributed by atoms with Crippen molar-refractivity contribution in [2.24, 2.45) is 0 Å². The summed E-state index contributed by atoms with van der Waals surface area (Å²) < 4.78 is 1.69. The van der Waals surface area contributed by atoms with Crippen molar-refractivity contribution in [2.75, 3.05) is 6.54 Å². The average molecular weight is 215 g/mol. The van der Waals surface area contributed by atoms with Gasteiger partial charge in [-0.15, -0.1) is 0 Å². The molecule has 0 unspecified atom stereocenters. The predicted molar refractivity (Wildman–Crippen MR) is 61.6 cm³/mol. The smallest absolute Gasteiger partial charge is 0.254 e. The van der Waals surface area contributed by atoms with Gasteiger partial charge in [0.1, 0.15) is 0 Å². The second-order valence-corrected chi connectivity index (χ2v) is 3.37. The Morgan fingerprint density at radius 1 is 1.38 bits per heavy atom. The Balaban J connectivity index is 2.23.